The number of H-pyrrole nitrogens is 1. The second-order valence-electron chi connectivity index (χ2n) is 4.89. The van der Waals surface area contributed by atoms with Crippen LogP contribution in [0.2, 0.25) is 0 Å². The predicted octanol–water partition coefficient (Wildman–Crippen LogP) is 2.46. The van der Waals surface area contributed by atoms with Gasteiger partial charge in [-0.1, -0.05) is 6.42 Å². The highest BCUT2D eigenvalue weighted by Gasteiger charge is 2.22. The van der Waals surface area contributed by atoms with Gasteiger partial charge in [0.15, 0.2) is 11.6 Å². The van der Waals surface area contributed by atoms with Crippen LogP contribution in [-0.2, 0) is 0 Å². The molecule has 3 aromatic heterocycles. The minimum Gasteiger partial charge on any atom is -0.322 e. The van der Waals surface area contributed by atoms with Crippen LogP contribution in [0.3, 0.4) is 0 Å². The third-order valence-corrected chi connectivity index (χ3v) is 3.68. The van der Waals surface area contributed by atoms with E-state index < -0.39 is 0 Å². The zero-order valence-electron chi connectivity index (χ0n) is 10.4. The van der Waals surface area contributed by atoms with Gasteiger partial charge >= 0.3 is 0 Å². The maximum absolute atomic E-state index is 4.63. The van der Waals surface area contributed by atoms with Crippen molar-refractivity contribution in [3.8, 4) is 0 Å². The lowest BCUT2D eigenvalue weighted by Gasteiger charge is -2.22. The third kappa shape index (κ3) is 1.76. The Hall–Kier alpha value is -2.37. The summed E-state index contributed by atoms with van der Waals surface area (Å²) >= 11 is 0. The fourth-order valence-corrected chi connectivity index (χ4v) is 2.39. The molecule has 3 heterocycles. The van der Waals surface area contributed by atoms with Crippen LogP contribution in [0, 0.1) is 0 Å². The largest absolute Gasteiger partial charge is 0.322 e. The minimum atomic E-state index is 0.623. The minimum absolute atomic E-state index is 0.623. The molecule has 0 unspecified atom stereocenters. The fourth-order valence-electron chi connectivity index (χ4n) is 2.39. The Morgan fingerprint density at radius 3 is 3.05 bits per heavy atom. The van der Waals surface area contributed by atoms with Crippen molar-refractivity contribution >= 4 is 17.2 Å². The summed E-state index contributed by atoms with van der Waals surface area (Å²) in [5.41, 5.74) is 2.16. The molecule has 4 rings (SSSR count). The monoisotopic (exact) mass is 254 g/mol. The van der Waals surface area contributed by atoms with Crippen LogP contribution in [0.25, 0.3) is 5.52 Å². The quantitative estimate of drug-likeness (QED) is 0.753. The van der Waals surface area contributed by atoms with Gasteiger partial charge in [-0.3, -0.25) is 5.10 Å². The number of aromatic amines is 1. The lowest BCUT2D eigenvalue weighted by Crippen LogP contribution is -2.09. The van der Waals surface area contributed by atoms with E-state index >= 15 is 0 Å². The summed E-state index contributed by atoms with van der Waals surface area (Å²) in [4.78, 5) is 4.37. The van der Waals surface area contributed by atoms with E-state index in [4.69, 9.17) is 0 Å². The Kier molecular flexibility index (Phi) is 2.26. The highest BCUT2D eigenvalue weighted by molar-refractivity contribution is 5.72. The van der Waals surface area contributed by atoms with Crippen molar-refractivity contribution in [3.63, 3.8) is 0 Å². The lowest BCUT2D eigenvalue weighted by molar-refractivity contribution is 0.409. The van der Waals surface area contributed by atoms with E-state index in [9.17, 15) is 0 Å². The molecule has 3 aromatic rings. The van der Waals surface area contributed by atoms with Gasteiger partial charge in [0.05, 0.1) is 5.69 Å². The zero-order chi connectivity index (χ0) is 12.7. The van der Waals surface area contributed by atoms with Crippen LogP contribution in [0.1, 0.15) is 30.9 Å². The van der Waals surface area contributed by atoms with Crippen molar-refractivity contribution in [2.24, 2.45) is 0 Å². The second-order valence-corrected chi connectivity index (χ2v) is 4.89. The van der Waals surface area contributed by atoms with Crippen molar-refractivity contribution in [1.29, 1.82) is 0 Å². The van der Waals surface area contributed by atoms with Crippen LogP contribution in [0.4, 0.5) is 11.6 Å². The molecule has 0 spiro atoms. The molecule has 1 saturated carbocycles. The number of nitrogens with zero attached hydrogens (tertiary/aromatic N) is 4. The van der Waals surface area contributed by atoms with Crippen LogP contribution in [0.15, 0.2) is 30.7 Å². The number of aromatic nitrogens is 5. The average molecular weight is 254 g/mol. The van der Waals surface area contributed by atoms with Crippen LogP contribution in [-0.4, -0.2) is 24.8 Å². The summed E-state index contributed by atoms with van der Waals surface area (Å²) in [6.07, 6.45) is 9.22. The third-order valence-electron chi connectivity index (χ3n) is 3.68. The van der Waals surface area contributed by atoms with E-state index in [-0.39, 0.29) is 0 Å². The van der Waals surface area contributed by atoms with Gasteiger partial charge in [-0.2, -0.15) is 10.2 Å². The van der Waals surface area contributed by atoms with Crippen molar-refractivity contribution in [3.05, 3.63) is 36.4 Å². The molecular weight excluding hydrogens is 240 g/mol. The van der Waals surface area contributed by atoms with Gasteiger partial charge in [0.25, 0.3) is 0 Å². The summed E-state index contributed by atoms with van der Waals surface area (Å²) in [6, 6.07) is 4.00. The first-order valence-corrected chi connectivity index (χ1v) is 6.51. The number of fused-ring (bicyclic) bond motifs is 1. The first-order valence-electron chi connectivity index (χ1n) is 6.51. The van der Waals surface area contributed by atoms with Crippen LogP contribution >= 0.6 is 0 Å². The number of hydrogen-bond acceptors (Lipinski definition) is 4. The highest BCUT2D eigenvalue weighted by Crippen LogP contribution is 2.36. The van der Waals surface area contributed by atoms with Gasteiger partial charge in [-0.15, -0.1) is 0 Å². The highest BCUT2D eigenvalue weighted by atomic mass is 15.3. The summed E-state index contributed by atoms with van der Waals surface area (Å²) < 4.78 is 1.88. The molecule has 0 radical (unpaired) electrons. The van der Waals surface area contributed by atoms with Gasteiger partial charge in [0, 0.05) is 30.6 Å². The molecule has 0 amide bonds. The van der Waals surface area contributed by atoms with Gasteiger partial charge in [-0.05, 0) is 18.9 Å². The molecule has 0 saturated heterocycles. The molecule has 2 N–H and O–H groups in total. The lowest BCUT2D eigenvalue weighted by atomic mass is 9.83. The topological polar surface area (TPSA) is 70.9 Å². The van der Waals surface area contributed by atoms with Gasteiger partial charge in [0.1, 0.15) is 5.52 Å². The Labute approximate surface area is 109 Å². The summed E-state index contributed by atoms with van der Waals surface area (Å²) in [5, 5.41) is 14.7. The molecule has 1 fully saturated rings. The van der Waals surface area contributed by atoms with E-state index in [2.05, 4.69) is 31.7 Å². The number of hydrogen-bond donors (Lipinski definition) is 2. The van der Waals surface area contributed by atoms with Crippen LogP contribution in [0.5, 0.6) is 0 Å². The van der Waals surface area contributed by atoms with Crippen molar-refractivity contribution in [2.75, 3.05) is 5.32 Å². The molecule has 1 aliphatic carbocycles. The van der Waals surface area contributed by atoms with E-state index in [0.717, 1.165) is 17.2 Å². The summed E-state index contributed by atoms with van der Waals surface area (Å²) in [6.45, 7) is 0. The molecule has 19 heavy (non-hydrogen) atoms. The van der Waals surface area contributed by atoms with E-state index in [1.807, 2.05) is 16.8 Å². The molecular formula is C13H14N6. The molecule has 96 valence electrons. The zero-order valence-corrected chi connectivity index (χ0v) is 10.4. The van der Waals surface area contributed by atoms with Crippen molar-refractivity contribution < 1.29 is 0 Å². The molecule has 1 aliphatic rings. The molecule has 0 bridgehead atoms. The average Bonchev–Trinajstić information content (AvgIpc) is 2.96. The molecule has 6 nitrogen and oxygen atoms in total. The molecule has 0 atom stereocenters. The number of nitrogens with one attached hydrogen (secondary N) is 2. The molecule has 0 aromatic carbocycles. The van der Waals surface area contributed by atoms with E-state index in [1.165, 1.54) is 25.0 Å². The maximum atomic E-state index is 4.63. The van der Waals surface area contributed by atoms with Gasteiger partial charge in [-0.25, -0.2) is 9.50 Å². The predicted molar refractivity (Wildman–Crippen MR) is 71.4 cm³/mol. The SMILES string of the molecule is c1cn2nc(C3CCC3)cc2c(Nc2cc[nH]n2)n1. The van der Waals surface area contributed by atoms with Crippen molar-refractivity contribution in [2.45, 2.75) is 25.2 Å². The summed E-state index contributed by atoms with van der Waals surface area (Å²) in [5.74, 6) is 2.16. The van der Waals surface area contributed by atoms with Gasteiger partial charge < -0.3 is 5.32 Å². The Morgan fingerprint density at radius 1 is 1.37 bits per heavy atom. The Bertz CT molecular complexity index is 695. The maximum Gasteiger partial charge on any atom is 0.157 e. The van der Waals surface area contributed by atoms with Crippen molar-refractivity contribution in [1.82, 2.24) is 24.8 Å². The van der Waals surface area contributed by atoms with E-state index in [1.54, 1.807) is 12.4 Å². The first kappa shape index (κ1) is 10.5. The summed E-state index contributed by atoms with van der Waals surface area (Å²) in [7, 11) is 0. The Balaban J connectivity index is 1.75. The first-order chi connectivity index (χ1) is 9.40. The fraction of sp³-hybridized carbons (Fsp3) is 0.308. The standard InChI is InChI=1S/C13H14N6/c1-2-9(3-1)10-8-11-13(14-6-7-19(11)18-10)16-12-4-5-15-17-12/h4-9H,1-3H2,(H2,14,15,16,17). The smallest absolute Gasteiger partial charge is 0.157 e. The number of rotatable bonds is 3. The van der Waals surface area contributed by atoms with Crippen LogP contribution < -0.4 is 5.32 Å². The Morgan fingerprint density at radius 2 is 2.32 bits per heavy atom. The molecule has 6 heteroatoms. The van der Waals surface area contributed by atoms with E-state index in [0.29, 0.717) is 5.92 Å². The molecule has 0 aliphatic heterocycles. The second kappa shape index (κ2) is 4.08. The number of anilines is 2. The normalized spacial score (nSPS) is 15.6. The van der Waals surface area contributed by atoms with Gasteiger partial charge in [0.2, 0.25) is 0 Å².